The second-order valence-electron chi connectivity index (χ2n) is 6.72. The Bertz CT molecular complexity index is 898. The van der Waals surface area contributed by atoms with Gasteiger partial charge in [0, 0.05) is 0 Å². The van der Waals surface area contributed by atoms with Crippen molar-refractivity contribution in [2.45, 2.75) is 32.6 Å². The van der Waals surface area contributed by atoms with E-state index in [1.54, 1.807) is 18.2 Å². The Balaban J connectivity index is 0.000000884. The molecule has 3 aromatic carbocycles. The fourth-order valence-corrected chi connectivity index (χ4v) is 3.02. The SMILES string of the molecule is CCI.CI.Nc1c(CCCCc2ccc(-c3ccc(O)cc3)cc2)ccc(O)c1O. The van der Waals surface area contributed by atoms with Gasteiger partial charge in [0.2, 0.25) is 0 Å². The van der Waals surface area contributed by atoms with E-state index in [1.807, 2.05) is 17.1 Å². The number of hydrogen-bond acceptors (Lipinski definition) is 4. The molecule has 6 heteroatoms. The highest BCUT2D eigenvalue weighted by molar-refractivity contribution is 14.1. The zero-order chi connectivity index (χ0) is 23.2. The first-order chi connectivity index (χ1) is 15.0. The molecule has 0 aliphatic rings. The number of benzene rings is 3. The molecular weight excluding hydrogens is 616 g/mol. The van der Waals surface area contributed by atoms with Crippen molar-refractivity contribution in [3.8, 4) is 28.4 Å². The van der Waals surface area contributed by atoms with E-state index in [1.165, 1.54) is 16.1 Å². The Morgan fingerprint density at radius 2 is 1.23 bits per heavy atom. The van der Waals surface area contributed by atoms with E-state index >= 15 is 0 Å². The smallest absolute Gasteiger partial charge is 0.181 e. The quantitative estimate of drug-likeness (QED) is 0.0756. The summed E-state index contributed by atoms with van der Waals surface area (Å²) in [5.74, 6) is -0.139. The summed E-state index contributed by atoms with van der Waals surface area (Å²) >= 11 is 4.44. The van der Waals surface area contributed by atoms with Crippen LogP contribution in [0.3, 0.4) is 0 Å². The van der Waals surface area contributed by atoms with Gasteiger partial charge in [-0.15, -0.1) is 0 Å². The summed E-state index contributed by atoms with van der Waals surface area (Å²) in [5.41, 5.74) is 10.4. The molecule has 0 aliphatic heterocycles. The number of nitrogens with two attached hydrogens (primary N) is 1. The molecule has 0 heterocycles. The Kier molecular flexibility index (Phi) is 13.4. The number of hydrogen-bond donors (Lipinski definition) is 4. The molecule has 4 nitrogen and oxygen atoms in total. The first kappa shape index (κ1) is 27.4. The molecule has 3 aromatic rings. The van der Waals surface area contributed by atoms with E-state index in [-0.39, 0.29) is 22.9 Å². The third-order valence-corrected chi connectivity index (χ3v) is 4.60. The minimum Gasteiger partial charge on any atom is -0.508 e. The molecule has 0 aliphatic carbocycles. The van der Waals surface area contributed by atoms with Crippen LogP contribution in [0.25, 0.3) is 11.1 Å². The van der Waals surface area contributed by atoms with E-state index in [9.17, 15) is 15.3 Å². The van der Waals surface area contributed by atoms with Gasteiger partial charge in [-0.3, -0.25) is 0 Å². The maximum atomic E-state index is 9.67. The molecule has 31 heavy (non-hydrogen) atoms. The number of anilines is 1. The average Bonchev–Trinajstić information content (AvgIpc) is 2.79. The summed E-state index contributed by atoms with van der Waals surface area (Å²) in [6.07, 6.45) is 3.71. The van der Waals surface area contributed by atoms with Crippen LogP contribution in [0.4, 0.5) is 5.69 Å². The van der Waals surface area contributed by atoms with Crippen molar-refractivity contribution in [2.24, 2.45) is 0 Å². The molecule has 0 saturated heterocycles. The maximum absolute atomic E-state index is 9.67. The van der Waals surface area contributed by atoms with E-state index < -0.39 is 0 Å². The summed E-state index contributed by atoms with van der Waals surface area (Å²) in [4.78, 5) is 1.97. The van der Waals surface area contributed by atoms with Gasteiger partial charge in [0.15, 0.2) is 11.5 Å². The highest BCUT2D eigenvalue weighted by Crippen LogP contribution is 2.34. The van der Waals surface area contributed by atoms with Gasteiger partial charge in [0.05, 0.1) is 5.69 Å². The van der Waals surface area contributed by atoms with Crippen LogP contribution in [0.2, 0.25) is 0 Å². The van der Waals surface area contributed by atoms with Crippen LogP contribution in [-0.2, 0) is 12.8 Å². The first-order valence-electron chi connectivity index (χ1n) is 10.1. The fourth-order valence-electron chi connectivity index (χ4n) is 3.02. The van der Waals surface area contributed by atoms with Gasteiger partial charge < -0.3 is 21.1 Å². The van der Waals surface area contributed by atoms with Crippen LogP contribution in [0.5, 0.6) is 17.2 Å². The van der Waals surface area contributed by atoms with Crippen LogP contribution < -0.4 is 5.73 Å². The number of nitrogen functional groups attached to an aromatic ring is 1. The zero-order valence-electron chi connectivity index (χ0n) is 18.0. The highest BCUT2D eigenvalue weighted by atomic mass is 127. The Morgan fingerprint density at radius 1 is 0.742 bits per heavy atom. The van der Waals surface area contributed by atoms with Crippen LogP contribution in [0.1, 0.15) is 30.9 Å². The first-order valence-corrected chi connectivity index (χ1v) is 13.8. The molecule has 0 fully saturated rings. The number of halogens is 2. The normalized spacial score (nSPS) is 9.81. The second-order valence-corrected chi connectivity index (χ2v) is 8.25. The lowest BCUT2D eigenvalue weighted by Gasteiger charge is -2.09. The molecule has 3 rings (SSSR count). The number of unbranched alkanes of at least 4 members (excludes halogenated alkanes) is 1. The predicted octanol–water partition coefficient (Wildman–Crippen LogP) is 7.11. The largest absolute Gasteiger partial charge is 0.508 e. The molecule has 0 unspecified atom stereocenters. The molecule has 5 N–H and O–H groups in total. The summed E-state index contributed by atoms with van der Waals surface area (Å²) in [5, 5.41) is 28.5. The number of aryl methyl sites for hydroxylation is 2. The summed E-state index contributed by atoms with van der Waals surface area (Å²) in [6, 6.07) is 18.9. The number of alkyl halides is 2. The topological polar surface area (TPSA) is 86.7 Å². The lowest BCUT2D eigenvalue weighted by Crippen LogP contribution is -1.96. The third kappa shape index (κ3) is 9.14. The summed E-state index contributed by atoms with van der Waals surface area (Å²) < 4.78 is 1.22. The Morgan fingerprint density at radius 3 is 1.77 bits per heavy atom. The molecule has 0 atom stereocenters. The fraction of sp³-hybridized carbons (Fsp3) is 0.280. The minimum absolute atomic E-state index is 0.181. The Hall–Kier alpha value is -1.68. The van der Waals surface area contributed by atoms with Gasteiger partial charge in [-0.2, -0.15) is 0 Å². The van der Waals surface area contributed by atoms with Gasteiger partial charge in [0.25, 0.3) is 0 Å². The van der Waals surface area contributed by atoms with Crippen LogP contribution in [0.15, 0.2) is 60.7 Å². The standard InChI is InChI=1S/C22H23NO3.C2H5I.CH3I/c23-21-18(11-14-20(25)22(21)26)4-2-1-3-15-5-7-16(8-6-15)17-9-12-19(24)13-10-17;1-2-3;1-2/h5-14,24-26H,1-4,23H2;2H2,1H3;1H3. The van der Waals surface area contributed by atoms with E-state index in [4.69, 9.17) is 5.73 Å². The molecule has 0 radical (unpaired) electrons. The Labute approximate surface area is 212 Å². The van der Waals surface area contributed by atoms with Crippen molar-refractivity contribution in [3.63, 3.8) is 0 Å². The molecule has 0 saturated carbocycles. The van der Waals surface area contributed by atoms with Crippen LogP contribution in [-0.4, -0.2) is 24.7 Å². The van der Waals surface area contributed by atoms with Crippen molar-refractivity contribution in [1.29, 1.82) is 0 Å². The number of rotatable bonds is 6. The molecular formula is C25H31I2NO3. The van der Waals surface area contributed by atoms with Crippen molar-refractivity contribution >= 4 is 50.9 Å². The van der Waals surface area contributed by atoms with Crippen molar-refractivity contribution in [2.75, 3.05) is 15.1 Å². The highest BCUT2D eigenvalue weighted by Gasteiger charge is 2.08. The lowest BCUT2D eigenvalue weighted by molar-refractivity contribution is 0.405. The monoisotopic (exact) mass is 647 g/mol. The number of phenols is 3. The van der Waals surface area contributed by atoms with Gasteiger partial charge in [-0.1, -0.05) is 94.6 Å². The third-order valence-electron chi connectivity index (χ3n) is 4.60. The predicted molar refractivity (Wildman–Crippen MR) is 149 cm³/mol. The van der Waals surface area contributed by atoms with E-state index in [2.05, 4.69) is 76.4 Å². The van der Waals surface area contributed by atoms with Crippen molar-refractivity contribution in [3.05, 3.63) is 71.8 Å². The zero-order valence-corrected chi connectivity index (χ0v) is 22.3. The van der Waals surface area contributed by atoms with Gasteiger partial charge in [-0.05, 0) is 75.5 Å². The van der Waals surface area contributed by atoms with E-state index in [0.717, 1.165) is 42.4 Å². The molecule has 0 spiro atoms. The summed E-state index contributed by atoms with van der Waals surface area (Å²) in [7, 11) is 0. The van der Waals surface area contributed by atoms with Crippen molar-refractivity contribution < 1.29 is 15.3 Å². The average molecular weight is 647 g/mol. The number of aromatic hydroxyl groups is 3. The number of phenolic OH excluding ortho intramolecular Hbond substituents is 3. The van der Waals surface area contributed by atoms with Crippen molar-refractivity contribution in [1.82, 2.24) is 0 Å². The minimum atomic E-state index is -0.229. The summed E-state index contributed by atoms with van der Waals surface area (Å²) in [6.45, 7) is 2.11. The van der Waals surface area contributed by atoms with Gasteiger partial charge >= 0.3 is 0 Å². The maximum Gasteiger partial charge on any atom is 0.181 e. The molecule has 0 aromatic heterocycles. The van der Waals surface area contributed by atoms with Crippen LogP contribution in [0, 0.1) is 0 Å². The second kappa shape index (κ2) is 15.2. The molecule has 0 amide bonds. The van der Waals surface area contributed by atoms with Gasteiger partial charge in [-0.25, -0.2) is 0 Å². The molecule has 0 bridgehead atoms. The van der Waals surface area contributed by atoms with E-state index in [0.29, 0.717) is 0 Å². The van der Waals surface area contributed by atoms with Gasteiger partial charge in [0.1, 0.15) is 5.75 Å². The molecule has 168 valence electrons. The van der Waals surface area contributed by atoms with Crippen LogP contribution >= 0.6 is 45.2 Å². The lowest BCUT2D eigenvalue weighted by atomic mass is 9.99.